The second-order valence-corrected chi connectivity index (χ2v) is 20.2. The van der Waals surface area contributed by atoms with Crippen LogP contribution in [0.25, 0.3) is 0 Å². The summed E-state index contributed by atoms with van der Waals surface area (Å²) in [5.74, 6) is 0.416. The smallest absolute Gasteiger partial charge is 0.249 e. The molecule has 0 aliphatic carbocycles. The summed E-state index contributed by atoms with van der Waals surface area (Å²) < 4.78 is 6.33. The van der Waals surface area contributed by atoms with E-state index >= 15 is 0 Å². The quantitative estimate of drug-likeness (QED) is 0.282. The van der Waals surface area contributed by atoms with Crippen molar-refractivity contribution in [2.45, 2.75) is 97.4 Å². The van der Waals surface area contributed by atoms with Crippen molar-refractivity contribution in [3.05, 3.63) is 24.0 Å². The Kier molecular flexibility index (Phi) is 9.27. The summed E-state index contributed by atoms with van der Waals surface area (Å²) in [6.07, 6.45) is 7.50. The third-order valence-corrected chi connectivity index (χ3v) is 10.6. The Bertz CT molecular complexity index is 426. The molecule has 0 bridgehead atoms. The van der Waals surface area contributed by atoms with E-state index in [1.807, 2.05) is 13.2 Å². The van der Waals surface area contributed by atoms with Crippen molar-refractivity contribution in [3.8, 4) is 0 Å². The van der Waals surface area contributed by atoms with E-state index < -0.39 is 16.4 Å². The van der Waals surface area contributed by atoms with Gasteiger partial charge in [0.15, 0.2) is 0 Å². The molecule has 0 saturated heterocycles. The Morgan fingerprint density at radius 3 is 2.08 bits per heavy atom. The van der Waals surface area contributed by atoms with Crippen molar-refractivity contribution in [3.63, 3.8) is 0 Å². The zero-order valence-corrected chi connectivity index (χ0v) is 19.9. The Balaban J connectivity index is 5.08. The summed E-state index contributed by atoms with van der Waals surface area (Å²) in [5.41, 5.74) is 1.29. The molecule has 0 rings (SSSR count). The summed E-state index contributed by atoms with van der Waals surface area (Å²) in [4.78, 5) is 0. The first-order chi connectivity index (χ1) is 10.7. The zero-order chi connectivity index (χ0) is 19.2. The standard InChI is InChI=1S/C20H42O2Si2/c1-11-12-17(2)13-19(21)14-18(16-23(6,7)8)15-22-24(9,10)20(3,4)5/h11-12,15,17,19,21H,13-14,16H2,1-10H3/b12-11+,18-15-. The van der Waals surface area contributed by atoms with Crippen LogP contribution in [-0.4, -0.2) is 27.6 Å². The zero-order valence-electron chi connectivity index (χ0n) is 17.9. The third-order valence-electron chi connectivity index (χ3n) is 4.75. The average Bonchev–Trinajstić information content (AvgIpc) is 2.32. The van der Waals surface area contributed by atoms with E-state index in [9.17, 15) is 5.11 Å². The normalized spacial score (nSPS) is 17.2. The molecular weight excluding hydrogens is 328 g/mol. The van der Waals surface area contributed by atoms with Crippen molar-refractivity contribution in [2.24, 2.45) is 5.92 Å². The van der Waals surface area contributed by atoms with Gasteiger partial charge < -0.3 is 9.53 Å². The van der Waals surface area contributed by atoms with Crippen LogP contribution in [0.1, 0.15) is 47.5 Å². The summed E-state index contributed by atoms with van der Waals surface area (Å²) in [5, 5.41) is 10.7. The fourth-order valence-corrected chi connectivity index (χ4v) is 4.88. The number of aliphatic hydroxyl groups is 1. The molecule has 0 amide bonds. The molecular formula is C20H42O2Si2. The van der Waals surface area contributed by atoms with Gasteiger partial charge in [-0.2, -0.15) is 0 Å². The van der Waals surface area contributed by atoms with Crippen LogP contribution < -0.4 is 0 Å². The minimum atomic E-state index is -1.79. The van der Waals surface area contributed by atoms with E-state index in [-0.39, 0.29) is 11.1 Å². The van der Waals surface area contributed by atoms with E-state index in [4.69, 9.17) is 4.43 Å². The highest BCUT2D eigenvalue weighted by Gasteiger charge is 2.38. The highest BCUT2D eigenvalue weighted by Crippen LogP contribution is 2.37. The number of hydrogen-bond acceptors (Lipinski definition) is 2. The second-order valence-electron chi connectivity index (χ2n) is 9.99. The van der Waals surface area contributed by atoms with E-state index in [0.717, 1.165) is 18.9 Å². The van der Waals surface area contributed by atoms with Gasteiger partial charge in [0.1, 0.15) is 0 Å². The van der Waals surface area contributed by atoms with E-state index in [1.165, 1.54) is 5.57 Å². The van der Waals surface area contributed by atoms with Crippen LogP contribution in [0.15, 0.2) is 24.0 Å². The monoisotopic (exact) mass is 370 g/mol. The van der Waals surface area contributed by atoms with E-state index in [1.54, 1.807) is 0 Å². The van der Waals surface area contributed by atoms with E-state index in [2.05, 4.69) is 72.6 Å². The van der Waals surface area contributed by atoms with Crippen molar-refractivity contribution < 1.29 is 9.53 Å². The molecule has 0 aromatic heterocycles. The van der Waals surface area contributed by atoms with Gasteiger partial charge in [0, 0.05) is 8.07 Å². The summed E-state index contributed by atoms with van der Waals surface area (Å²) in [7, 11) is -3.03. The fourth-order valence-electron chi connectivity index (χ4n) is 2.47. The van der Waals surface area contributed by atoms with E-state index in [0.29, 0.717) is 5.92 Å². The highest BCUT2D eigenvalue weighted by molar-refractivity contribution is 6.76. The number of hydrogen-bond donors (Lipinski definition) is 1. The summed E-state index contributed by atoms with van der Waals surface area (Å²) in [6.45, 7) is 22.7. The van der Waals surface area contributed by atoms with Gasteiger partial charge in [-0.3, -0.25) is 0 Å². The first-order valence-electron chi connectivity index (χ1n) is 9.34. The molecule has 1 N–H and O–H groups in total. The van der Waals surface area contributed by atoms with Crippen LogP contribution in [0.5, 0.6) is 0 Å². The molecule has 0 saturated carbocycles. The van der Waals surface area contributed by atoms with Crippen molar-refractivity contribution in [1.29, 1.82) is 0 Å². The minimum Gasteiger partial charge on any atom is -0.549 e. The molecule has 0 aromatic rings. The SMILES string of the molecule is C/C=C/C(C)CC(O)C/C(=C/O[Si](C)(C)C(C)(C)C)C[Si](C)(C)C. The van der Waals surface area contributed by atoms with Crippen LogP contribution in [0.2, 0.25) is 43.8 Å². The molecule has 4 heteroatoms. The van der Waals surface area contributed by atoms with Gasteiger partial charge in [0.25, 0.3) is 0 Å². The van der Waals surface area contributed by atoms with Gasteiger partial charge in [0.05, 0.1) is 12.4 Å². The molecule has 0 heterocycles. The van der Waals surface area contributed by atoms with Gasteiger partial charge in [-0.15, -0.1) is 0 Å². The first-order valence-corrected chi connectivity index (χ1v) is 16.0. The minimum absolute atomic E-state index is 0.201. The molecule has 0 radical (unpaired) electrons. The van der Waals surface area contributed by atoms with Gasteiger partial charge >= 0.3 is 0 Å². The van der Waals surface area contributed by atoms with Crippen LogP contribution in [0, 0.1) is 5.92 Å². The van der Waals surface area contributed by atoms with Crippen LogP contribution in [-0.2, 0) is 4.43 Å². The van der Waals surface area contributed by atoms with Crippen LogP contribution in [0.4, 0.5) is 0 Å². The lowest BCUT2D eigenvalue weighted by Gasteiger charge is -2.35. The number of rotatable bonds is 9. The van der Waals surface area contributed by atoms with Gasteiger partial charge in [-0.1, -0.05) is 59.5 Å². The molecule has 0 aliphatic heterocycles. The van der Waals surface area contributed by atoms with Crippen molar-refractivity contribution >= 4 is 16.4 Å². The van der Waals surface area contributed by atoms with Gasteiger partial charge in [0.2, 0.25) is 8.32 Å². The molecule has 0 spiro atoms. The molecule has 2 nitrogen and oxygen atoms in total. The Hall–Kier alpha value is -0.326. The van der Waals surface area contributed by atoms with Crippen LogP contribution in [0.3, 0.4) is 0 Å². The van der Waals surface area contributed by atoms with Crippen molar-refractivity contribution in [1.82, 2.24) is 0 Å². The summed E-state index contributed by atoms with van der Waals surface area (Å²) in [6, 6.07) is 1.09. The lowest BCUT2D eigenvalue weighted by atomic mass is 9.99. The molecule has 0 aliphatic rings. The molecule has 142 valence electrons. The average molecular weight is 371 g/mol. The molecule has 0 aromatic carbocycles. The van der Waals surface area contributed by atoms with Gasteiger partial charge in [-0.25, -0.2) is 0 Å². The van der Waals surface area contributed by atoms with Crippen LogP contribution >= 0.6 is 0 Å². The molecule has 0 fully saturated rings. The summed E-state index contributed by atoms with van der Waals surface area (Å²) >= 11 is 0. The Morgan fingerprint density at radius 2 is 1.67 bits per heavy atom. The van der Waals surface area contributed by atoms with Gasteiger partial charge in [-0.05, 0) is 55.4 Å². The first kappa shape index (κ1) is 23.7. The Morgan fingerprint density at radius 1 is 1.12 bits per heavy atom. The maximum atomic E-state index is 10.5. The predicted molar refractivity (Wildman–Crippen MR) is 114 cm³/mol. The lowest BCUT2D eigenvalue weighted by Crippen LogP contribution is -2.39. The number of allylic oxidation sites excluding steroid dienone is 2. The third kappa shape index (κ3) is 9.85. The highest BCUT2D eigenvalue weighted by atomic mass is 28.4. The number of aliphatic hydroxyl groups excluding tert-OH is 1. The molecule has 2 unspecified atom stereocenters. The van der Waals surface area contributed by atoms with Crippen molar-refractivity contribution in [2.75, 3.05) is 0 Å². The topological polar surface area (TPSA) is 29.5 Å². The largest absolute Gasteiger partial charge is 0.549 e. The lowest BCUT2D eigenvalue weighted by molar-refractivity contribution is 0.152. The molecule has 24 heavy (non-hydrogen) atoms. The Labute approximate surface area is 153 Å². The maximum absolute atomic E-state index is 10.5. The predicted octanol–water partition coefficient (Wildman–Crippen LogP) is 6.58. The molecule has 2 atom stereocenters. The second kappa shape index (κ2) is 9.39. The maximum Gasteiger partial charge on any atom is 0.249 e. The fraction of sp³-hybridized carbons (Fsp3) is 0.800.